The maximum absolute atomic E-state index is 5.91. The number of benzene rings is 1. The topological polar surface area (TPSA) is 47.9 Å². The van der Waals surface area contributed by atoms with Crippen molar-refractivity contribution in [3.63, 3.8) is 0 Å². The van der Waals surface area contributed by atoms with E-state index in [1.165, 1.54) is 0 Å². The molecule has 2 aromatic heterocycles. The lowest BCUT2D eigenvalue weighted by atomic mass is 10.1. The van der Waals surface area contributed by atoms with Crippen molar-refractivity contribution in [1.82, 2.24) is 15.0 Å². The molecule has 0 aliphatic heterocycles. The Bertz CT molecular complexity index is 776. The summed E-state index contributed by atoms with van der Waals surface area (Å²) in [7, 11) is 0. The van der Waals surface area contributed by atoms with Gasteiger partial charge in [0.2, 0.25) is 11.2 Å². The summed E-state index contributed by atoms with van der Waals surface area (Å²) in [5.41, 5.74) is 4.02. The van der Waals surface area contributed by atoms with Crippen LogP contribution in [0.2, 0.25) is 5.28 Å². The average molecular weight is 326 g/mol. The van der Waals surface area contributed by atoms with Crippen LogP contribution in [-0.2, 0) is 13.0 Å². The molecule has 0 unspecified atom stereocenters. The zero-order valence-corrected chi connectivity index (χ0v) is 13.5. The van der Waals surface area contributed by atoms with Crippen molar-refractivity contribution in [2.75, 3.05) is 0 Å². The van der Waals surface area contributed by atoms with E-state index in [-0.39, 0.29) is 5.28 Å². The van der Waals surface area contributed by atoms with Crippen LogP contribution >= 0.6 is 11.6 Å². The number of hydrogen-bond acceptors (Lipinski definition) is 4. The van der Waals surface area contributed by atoms with Gasteiger partial charge < -0.3 is 4.74 Å². The molecule has 0 spiro atoms. The van der Waals surface area contributed by atoms with E-state index in [0.717, 1.165) is 22.4 Å². The minimum atomic E-state index is 0.179. The van der Waals surface area contributed by atoms with E-state index in [1.807, 2.05) is 55.6 Å². The summed E-state index contributed by atoms with van der Waals surface area (Å²) in [6.07, 6.45) is 4.20. The third-order valence-electron chi connectivity index (χ3n) is 3.38. The molecule has 23 heavy (non-hydrogen) atoms. The monoisotopic (exact) mass is 325 g/mol. The number of pyridine rings is 1. The smallest absolute Gasteiger partial charge is 0.225 e. The molecule has 0 aliphatic rings. The highest BCUT2D eigenvalue weighted by atomic mass is 35.5. The van der Waals surface area contributed by atoms with E-state index in [2.05, 4.69) is 15.0 Å². The van der Waals surface area contributed by atoms with Gasteiger partial charge in [-0.2, -0.15) is 4.98 Å². The van der Waals surface area contributed by atoms with E-state index in [0.29, 0.717) is 18.9 Å². The zero-order chi connectivity index (χ0) is 16.1. The first-order valence-electron chi connectivity index (χ1n) is 7.30. The third kappa shape index (κ3) is 4.27. The van der Waals surface area contributed by atoms with Gasteiger partial charge in [-0.05, 0) is 35.7 Å². The molecule has 0 fully saturated rings. The average Bonchev–Trinajstić information content (AvgIpc) is 2.58. The molecule has 2 heterocycles. The Balaban J connectivity index is 1.78. The zero-order valence-electron chi connectivity index (χ0n) is 12.7. The van der Waals surface area contributed by atoms with Gasteiger partial charge in [0.1, 0.15) is 6.61 Å². The van der Waals surface area contributed by atoms with Crippen molar-refractivity contribution in [2.24, 2.45) is 0 Å². The minimum absolute atomic E-state index is 0.179. The molecular weight excluding hydrogens is 310 g/mol. The number of halogens is 1. The van der Waals surface area contributed by atoms with Gasteiger partial charge in [-0.25, -0.2) is 4.98 Å². The molecular formula is C18H16ClN3O. The fourth-order valence-electron chi connectivity index (χ4n) is 2.17. The van der Waals surface area contributed by atoms with Gasteiger partial charge >= 0.3 is 0 Å². The van der Waals surface area contributed by atoms with Crippen LogP contribution in [0.25, 0.3) is 0 Å². The van der Waals surface area contributed by atoms with E-state index in [9.17, 15) is 0 Å². The maximum Gasteiger partial charge on any atom is 0.225 e. The quantitative estimate of drug-likeness (QED) is 0.665. The van der Waals surface area contributed by atoms with Crippen molar-refractivity contribution >= 4 is 11.6 Å². The van der Waals surface area contributed by atoms with E-state index >= 15 is 0 Å². The Morgan fingerprint density at radius 1 is 0.957 bits per heavy atom. The minimum Gasteiger partial charge on any atom is -0.472 e. The number of hydrogen-bond donors (Lipinski definition) is 0. The van der Waals surface area contributed by atoms with Gasteiger partial charge in [0, 0.05) is 30.1 Å². The number of aryl methyl sites for hydroxylation is 1. The standard InChI is InChI=1S/C18H16ClN3O/c1-13-7-8-15(10-20-13)9-16-11-21-18(19)22-17(16)23-12-14-5-3-2-4-6-14/h2-8,10-11H,9,12H2,1H3. The Hall–Kier alpha value is -2.46. The highest BCUT2D eigenvalue weighted by Crippen LogP contribution is 2.21. The van der Waals surface area contributed by atoms with Gasteiger partial charge in [-0.3, -0.25) is 4.98 Å². The molecule has 0 saturated carbocycles. The van der Waals surface area contributed by atoms with Gasteiger partial charge in [-0.15, -0.1) is 0 Å². The Kier molecular flexibility index (Phi) is 4.83. The van der Waals surface area contributed by atoms with Crippen LogP contribution in [0.3, 0.4) is 0 Å². The Labute approximate surface area is 140 Å². The largest absolute Gasteiger partial charge is 0.472 e. The molecule has 0 bridgehead atoms. The highest BCUT2D eigenvalue weighted by molar-refractivity contribution is 6.28. The summed E-state index contributed by atoms with van der Waals surface area (Å²) in [5.74, 6) is 0.509. The van der Waals surface area contributed by atoms with Gasteiger partial charge in [-0.1, -0.05) is 36.4 Å². The van der Waals surface area contributed by atoms with Gasteiger partial charge in [0.05, 0.1) is 0 Å². The lowest BCUT2D eigenvalue weighted by molar-refractivity contribution is 0.290. The fraction of sp³-hybridized carbons (Fsp3) is 0.167. The van der Waals surface area contributed by atoms with Crippen LogP contribution < -0.4 is 4.74 Å². The molecule has 0 amide bonds. The van der Waals surface area contributed by atoms with E-state index in [4.69, 9.17) is 16.3 Å². The van der Waals surface area contributed by atoms with Crippen LogP contribution in [0.1, 0.15) is 22.4 Å². The van der Waals surface area contributed by atoms with Gasteiger partial charge in [0.15, 0.2) is 0 Å². The lowest BCUT2D eigenvalue weighted by Crippen LogP contribution is -2.03. The molecule has 0 atom stereocenters. The molecule has 3 aromatic rings. The number of nitrogens with zero attached hydrogens (tertiary/aromatic N) is 3. The van der Waals surface area contributed by atoms with Gasteiger partial charge in [0.25, 0.3) is 0 Å². The van der Waals surface area contributed by atoms with Crippen LogP contribution in [0, 0.1) is 6.92 Å². The normalized spacial score (nSPS) is 10.5. The molecule has 4 nitrogen and oxygen atoms in total. The molecule has 0 radical (unpaired) electrons. The second kappa shape index (κ2) is 7.20. The maximum atomic E-state index is 5.91. The van der Waals surface area contributed by atoms with Crippen molar-refractivity contribution in [1.29, 1.82) is 0 Å². The second-order valence-electron chi connectivity index (χ2n) is 5.23. The van der Waals surface area contributed by atoms with Crippen LogP contribution in [0.5, 0.6) is 5.88 Å². The summed E-state index contributed by atoms with van der Waals surface area (Å²) in [6, 6.07) is 14.0. The first-order valence-corrected chi connectivity index (χ1v) is 7.68. The van der Waals surface area contributed by atoms with E-state index < -0.39 is 0 Å². The third-order valence-corrected chi connectivity index (χ3v) is 3.56. The molecule has 5 heteroatoms. The summed E-state index contributed by atoms with van der Waals surface area (Å²) in [4.78, 5) is 12.6. The van der Waals surface area contributed by atoms with Crippen LogP contribution in [-0.4, -0.2) is 15.0 Å². The highest BCUT2D eigenvalue weighted by Gasteiger charge is 2.09. The Morgan fingerprint density at radius 2 is 1.78 bits per heavy atom. The van der Waals surface area contributed by atoms with Crippen molar-refractivity contribution < 1.29 is 4.74 Å². The van der Waals surface area contributed by atoms with E-state index in [1.54, 1.807) is 6.20 Å². The summed E-state index contributed by atoms with van der Waals surface area (Å²) in [6.45, 7) is 2.40. The Morgan fingerprint density at radius 3 is 2.52 bits per heavy atom. The first kappa shape index (κ1) is 15.4. The van der Waals surface area contributed by atoms with Crippen molar-refractivity contribution in [2.45, 2.75) is 20.0 Å². The fourth-order valence-corrected chi connectivity index (χ4v) is 2.29. The lowest BCUT2D eigenvalue weighted by Gasteiger charge is -2.10. The van der Waals surface area contributed by atoms with Crippen LogP contribution in [0.15, 0.2) is 54.9 Å². The van der Waals surface area contributed by atoms with Crippen molar-refractivity contribution in [3.05, 3.63) is 82.5 Å². The molecule has 0 N–H and O–H groups in total. The first-order chi connectivity index (χ1) is 11.2. The SMILES string of the molecule is Cc1ccc(Cc2cnc(Cl)nc2OCc2ccccc2)cn1. The number of rotatable bonds is 5. The summed E-state index contributed by atoms with van der Waals surface area (Å²) in [5, 5.41) is 0.179. The number of ether oxygens (including phenoxy) is 1. The number of aromatic nitrogens is 3. The molecule has 3 rings (SSSR count). The summed E-state index contributed by atoms with van der Waals surface area (Å²) >= 11 is 5.91. The molecule has 116 valence electrons. The van der Waals surface area contributed by atoms with Crippen molar-refractivity contribution in [3.8, 4) is 5.88 Å². The van der Waals surface area contributed by atoms with Crippen LogP contribution in [0.4, 0.5) is 0 Å². The predicted molar refractivity (Wildman–Crippen MR) is 89.6 cm³/mol. The summed E-state index contributed by atoms with van der Waals surface area (Å²) < 4.78 is 5.84. The molecule has 0 aliphatic carbocycles. The molecule has 0 saturated heterocycles. The predicted octanol–water partition coefficient (Wildman–Crippen LogP) is 4.00. The second-order valence-corrected chi connectivity index (χ2v) is 5.57. The molecule has 1 aromatic carbocycles.